The first kappa shape index (κ1) is 22.7. The molecular weight excluding hydrogens is 464 g/mol. The second kappa shape index (κ2) is 9.63. The van der Waals surface area contributed by atoms with Crippen molar-refractivity contribution < 1.29 is 14.3 Å². The molecule has 8 nitrogen and oxygen atoms in total. The molecule has 2 heterocycles. The molecule has 9 heteroatoms. The minimum absolute atomic E-state index is 0.138. The third kappa shape index (κ3) is 4.26. The van der Waals surface area contributed by atoms with E-state index in [0.29, 0.717) is 39.9 Å². The monoisotopic (exact) mass is 486 g/mol. The standard InChI is InChI=1S/C26H22N4O4S/c1-33-22-10-6-3-7-19(22)15-29-23(31)20-8-4-5-9-21(20)30-25(29)27-28-26(30)35-16-17-11-13-18(14-12-17)24(32)34-2/h3-14H,15-16H2,1-2H3. The maximum atomic E-state index is 13.4. The van der Waals surface area contributed by atoms with E-state index in [1.54, 1.807) is 23.8 Å². The lowest BCUT2D eigenvalue weighted by Crippen LogP contribution is -2.24. The minimum Gasteiger partial charge on any atom is -0.496 e. The molecular formula is C26H22N4O4S. The highest BCUT2D eigenvalue weighted by Crippen LogP contribution is 2.26. The van der Waals surface area contributed by atoms with Gasteiger partial charge in [-0.1, -0.05) is 54.2 Å². The summed E-state index contributed by atoms with van der Waals surface area (Å²) >= 11 is 1.51. The van der Waals surface area contributed by atoms with Gasteiger partial charge in [-0.15, -0.1) is 10.2 Å². The Morgan fingerprint density at radius 1 is 0.943 bits per heavy atom. The second-order valence-electron chi connectivity index (χ2n) is 7.82. The summed E-state index contributed by atoms with van der Waals surface area (Å²) in [6.45, 7) is 0.301. The lowest BCUT2D eigenvalue weighted by Gasteiger charge is -2.13. The van der Waals surface area contributed by atoms with Crippen molar-refractivity contribution in [1.29, 1.82) is 0 Å². The zero-order chi connectivity index (χ0) is 24.4. The zero-order valence-corrected chi connectivity index (χ0v) is 20.0. The highest BCUT2D eigenvalue weighted by molar-refractivity contribution is 7.98. The van der Waals surface area contributed by atoms with Gasteiger partial charge in [0, 0.05) is 11.3 Å². The number of esters is 1. The summed E-state index contributed by atoms with van der Waals surface area (Å²) < 4.78 is 13.8. The quantitative estimate of drug-likeness (QED) is 0.252. The van der Waals surface area contributed by atoms with Crippen LogP contribution in [0.5, 0.6) is 5.75 Å². The summed E-state index contributed by atoms with van der Waals surface area (Å²) in [4.78, 5) is 25.1. The van der Waals surface area contributed by atoms with Crippen LogP contribution >= 0.6 is 11.8 Å². The van der Waals surface area contributed by atoms with Gasteiger partial charge in [-0.2, -0.15) is 0 Å². The first-order valence-electron chi connectivity index (χ1n) is 10.9. The summed E-state index contributed by atoms with van der Waals surface area (Å²) in [5.74, 6) is 1.41. The van der Waals surface area contributed by atoms with Crippen LogP contribution in [0.2, 0.25) is 0 Å². The van der Waals surface area contributed by atoms with Gasteiger partial charge in [-0.3, -0.25) is 13.8 Å². The van der Waals surface area contributed by atoms with Crippen molar-refractivity contribution in [3.8, 4) is 5.75 Å². The molecule has 5 rings (SSSR count). The Hall–Kier alpha value is -4.11. The van der Waals surface area contributed by atoms with Gasteiger partial charge in [0.25, 0.3) is 5.56 Å². The molecule has 0 aliphatic rings. The van der Waals surface area contributed by atoms with Crippen LogP contribution in [0.15, 0.2) is 82.7 Å². The Morgan fingerprint density at radius 2 is 1.69 bits per heavy atom. The molecule has 0 bridgehead atoms. The topological polar surface area (TPSA) is 87.7 Å². The fraction of sp³-hybridized carbons (Fsp3) is 0.154. The van der Waals surface area contributed by atoms with Crippen LogP contribution in [0.4, 0.5) is 0 Å². The van der Waals surface area contributed by atoms with E-state index in [1.165, 1.54) is 18.9 Å². The molecule has 35 heavy (non-hydrogen) atoms. The Labute approximate surface area is 205 Å². The number of hydrogen-bond donors (Lipinski definition) is 0. The van der Waals surface area contributed by atoms with E-state index in [2.05, 4.69) is 10.2 Å². The number of para-hydroxylation sites is 2. The van der Waals surface area contributed by atoms with Gasteiger partial charge in [0.1, 0.15) is 5.75 Å². The number of thioether (sulfide) groups is 1. The largest absolute Gasteiger partial charge is 0.496 e. The fourth-order valence-electron chi connectivity index (χ4n) is 3.98. The smallest absolute Gasteiger partial charge is 0.337 e. The van der Waals surface area contributed by atoms with Crippen molar-refractivity contribution in [2.24, 2.45) is 0 Å². The third-order valence-electron chi connectivity index (χ3n) is 5.74. The van der Waals surface area contributed by atoms with Crippen LogP contribution in [0, 0.1) is 0 Å². The van der Waals surface area contributed by atoms with Crippen LogP contribution in [-0.2, 0) is 17.0 Å². The van der Waals surface area contributed by atoms with E-state index in [-0.39, 0.29) is 11.5 Å². The number of ether oxygens (including phenoxy) is 2. The molecule has 0 spiro atoms. The average molecular weight is 487 g/mol. The maximum absolute atomic E-state index is 13.4. The van der Waals surface area contributed by atoms with E-state index in [0.717, 1.165) is 16.6 Å². The molecule has 0 unspecified atom stereocenters. The SMILES string of the molecule is COC(=O)c1ccc(CSc2nnc3n(Cc4ccccc4OC)c(=O)c4ccccc4n23)cc1. The Bertz CT molecular complexity index is 1590. The molecule has 0 saturated carbocycles. The van der Waals surface area contributed by atoms with Crippen molar-refractivity contribution in [2.75, 3.05) is 14.2 Å². The van der Waals surface area contributed by atoms with Gasteiger partial charge in [-0.05, 0) is 35.9 Å². The number of methoxy groups -OCH3 is 2. The summed E-state index contributed by atoms with van der Waals surface area (Å²) in [6.07, 6.45) is 0. The van der Waals surface area contributed by atoms with Gasteiger partial charge < -0.3 is 9.47 Å². The Balaban J connectivity index is 1.55. The average Bonchev–Trinajstić information content (AvgIpc) is 3.34. The third-order valence-corrected chi connectivity index (χ3v) is 6.74. The number of hydrogen-bond acceptors (Lipinski definition) is 7. The summed E-state index contributed by atoms with van der Waals surface area (Å²) in [6, 6.07) is 22.3. The van der Waals surface area contributed by atoms with Gasteiger partial charge in [0.2, 0.25) is 5.78 Å². The van der Waals surface area contributed by atoms with Gasteiger partial charge >= 0.3 is 5.97 Å². The normalized spacial score (nSPS) is 11.1. The van der Waals surface area contributed by atoms with E-state index in [1.807, 2.05) is 65.1 Å². The second-order valence-corrected chi connectivity index (χ2v) is 8.76. The fourth-order valence-corrected chi connectivity index (χ4v) is 4.87. The predicted molar refractivity (Wildman–Crippen MR) is 134 cm³/mol. The number of nitrogens with zero attached hydrogens (tertiary/aromatic N) is 4. The summed E-state index contributed by atoms with van der Waals surface area (Å²) in [7, 11) is 2.97. The van der Waals surface area contributed by atoms with E-state index < -0.39 is 0 Å². The van der Waals surface area contributed by atoms with Crippen molar-refractivity contribution in [3.05, 3.63) is 99.8 Å². The van der Waals surface area contributed by atoms with E-state index >= 15 is 0 Å². The van der Waals surface area contributed by atoms with E-state index in [9.17, 15) is 9.59 Å². The van der Waals surface area contributed by atoms with E-state index in [4.69, 9.17) is 9.47 Å². The molecule has 0 saturated heterocycles. The maximum Gasteiger partial charge on any atom is 0.337 e. The van der Waals surface area contributed by atoms with Crippen molar-refractivity contribution >= 4 is 34.4 Å². The number of fused-ring (bicyclic) bond motifs is 3. The zero-order valence-electron chi connectivity index (χ0n) is 19.2. The molecule has 2 aromatic heterocycles. The molecule has 0 atom stereocenters. The summed E-state index contributed by atoms with van der Waals surface area (Å²) in [5, 5.41) is 10.1. The molecule has 176 valence electrons. The number of benzene rings is 3. The van der Waals surface area contributed by atoms with Gasteiger partial charge in [0.15, 0.2) is 5.16 Å². The Morgan fingerprint density at radius 3 is 2.46 bits per heavy atom. The summed E-state index contributed by atoms with van der Waals surface area (Å²) in [5.41, 5.74) is 3.00. The van der Waals surface area contributed by atoms with Crippen LogP contribution in [0.3, 0.4) is 0 Å². The van der Waals surface area contributed by atoms with Gasteiger partial charge in [-0.25, -0.2) is 4.79 Å². The van der Waals surface area contributed by atoms with Crippen LogP contribution in [-0.4, -0.2) is 39.4 Å². The molecule has 0 fully saturated rings. The van der Waals surface area contributed by atoms with Crippen LogP contribution in [0.1, 0.15) is 21.5 Å². The molecule has 0 aliphatic carbocycles. The number of aromatic nitrogens is 4. The minimum atomic E-state index is -0.368. The number of carbonyl (C=O) groups excluding carboxylic acids is 1. The lowest BCUT2D eigenvalue weighted by molar-refractivity contribution is 0.0600. The predicted octanol–water partition coefficient (Wildman–Crippen LogP) is 4.18. The molecule has 0 amide bonds. The number of carbonyl (C=O) groups is 1. The molecule has 5 aromatic rings. The highest BCUT2D eigenvalue weighted by Gasteiger charge is 2.18. The number of rotatable bonds is 7. The van der Waals surface area contributed by atoms with Crippen LogP contribution < -0.4 is 10.3 Å². The molecule has 3 aromatic carbocycles. The van der Waals surface area contributed by atoms with Crippen molar-refractivity contribution in [2.45, 2.75) is 17.5 Å². The lowest BCUT2D eigenvalue weighted by atomic mass is 10.1. The first-order valence-corrected chi connectivity index (χ1v) is 11.9. The highest BCUT2D eigenvalue weighted by atomic mass is 32.2. The molecule has 0 radical (unpaired) electrons. The van der Waals surface area contributed by atoms with Crippen molar-refractivity contribution in [3.63, 3.8) is 0 Å². The van der Waals surface area contributed by atoms with Crippen LogP contribution in [0.25, 0.3) is 16.7 Å². The van der Waals surface area contributed by atoms with Gasteiger partial charge in [0.05, 0.1) is 37.2 Å². The molecule has 0 aliphatic heterocycles. The first-order chi connectivity index (χ1) is 17.1. The van der Waals surface area contributed by atoms with Crippen molar-refractivity contribution in [1.82, 2.24) is 19.2 Å². The Kier molecular flexibility index (Phi) is 6.24. The molecule has 0 N–H and O–H groups in total.